The quantitative estimate of drug-likeness (QED) is 0.177. The van der Waals surface area contributed by atoms with E-state index in [1.807, 2.05) is 23.5 Å². The van der Waals surface area contributed by atoms with Crippen LogP contribution >= 0.6 is 11.3 Å². The molecule has 0 saturated carbocycles. The van der Waals surface area contributed by atoms with Gasteiger partial charge in [0, 0.05) is 52.8 Å². The van der Waals surface area contributed by atoms with Gasteiger partial charge in [0.15, 0.2) is 0 Å². The number of thiophene rings is 1. The SMILES string of the molecule is c1ccc2c(c1)oc1ccc(-c3ccc(-n4c5ccccc5c5c6ccc7ccc8c9ccccc9sc8c7c6ccc54)cc3)cc12. The van der Waals surface area contributed by atoms with Crippen LogP contribution in [-0.4, -0.2) is 4.57 Å². The second-order valence-corrected chi connectivity index (χ2v) is 13.5. The first-order valence-electron chi connectivity index (χ1n) is 16.0. The minimum Gasteiger partial charge on any atom is -0.456 e. The van der Waals surface area contributed by atoms with Gasteiger partial charge >= 0.3 is 0 Å². The van der Waals surface area contributed by atoms with Crippen LogP contribution in [0.5, 0.6) is 0 Å². The van der Waals surface area contributed by atoms with Crippen molar-refractivity contribution in [2.24, 2.45) is 0 Å². The lowest BCUT2D eigenvalue weighted by atomic mass is 9.97. The summed E-state index contributed by atoms with van der Waals surface area (Å²) in [6.45, 7) is 0. The largest absolute Gasteiger partial charge is 0.456 e. The van der Waals surface area contributed by atoms with Crippen molar-refractivity contribution in [2.75, 3.05) is 0 Å². The zero-order valence-electron chi connectivity index (χ0n) is 25.2. The number of para-hydroxylation sites is 2. The van der Waals surface area contributed by atoms with Crippen LogP contribution < -0.4 is 0 Å². The molecule has 0 saturated heterocycles. The third-order valence-corrected chi connectivity index (χ3v) is 11.2. The van der Waals surface area contributed by atoms with Crippen LogP contribution in [0.4, 0.5) is 0 Å². The van der Waals surface area contributed by atoms with Gasteiger partial charge in [-0.05, 0) is 75.8 Å². The Morgan fingerprint density at radius 1 is 0.426 bits per heavy atom. The summed E-state index contributed by atoms with van der Waals surface area (Å²) in [6, 6.07) is 55.3. The van der Waals surface area contributed by atoms with E-state index in [1.54, 1.807) is 0 Å². The molecule has 0 aliphatic rings. The second-order valence-electron chi connectivity index (χ2n) is 12.5. The van der Waals surface area contributed by atoms with E-state index in [4.69, 9.17) is 4.42 Å². The minimum absolute atomic E-state index is 0.921. The fourth-order valence-corrected chi connectivity index (χ4v) is 9.13. The van der Waals surface area contributed by atoms with Crippen molar-refractivity contribution < 1.29 is 4.42 Å². The second kappa shape index (κ2) is 9.32. The number of nitrogens with zero attached hydrogens (tertiary/aromatic N) is 1. The van der Waals surface area contributed by atoms with E-state index in [2.05, 4.69) is 144 Å². The lowest BCUT2D eigenvalue weighted by Gasteiger charge is -2.11. The molecule has 2 nitrogen and oxygen atoms in total. The van der Waals surface area contributed by atoms with Gasteiger partial charge in [0.2, 0.25) is 0 Å². The molecule has 0 radical (unpaired) electrons. The molecule has 3 heterocycles. The first kappa shape index (κ1) is 25.3. The van der Waals surface area contributed by atoms with Gasteiger partial charge in [-0.25, -0.2) is 0 Å². The molecule has 11 rings (SSSR count). The van der Waals surface area contributed by atoms with Crippen LogP contribution in [0, 0.1) is 0 Å². The van der Waals surface area contributed by atoms with Gasteiger partial charge in [-0.2, -0.15) is 0 Å². The minimum atomic E-state index is 0.921. The van der Waals surface area contributed by atoms with E-state index in [0.717, 1.165) is 27.6 Å². The summed E-state index contributed by atoms with van der Waals surface area (Å²) < 4.78 is 11.2. The molecule has 0 spiro atoms. The van der Waals surface area contributed by atoms with Crippen LogP contribution in [0.25, 0.3) is 102 Å². The molecule has 0 fully saturated rings. The Labute approximate surface area is 273 Å². The molecule has 3 aromatic heterocycles. The third-order valence-electron chi connectivity index (χ3n) is 9.99. The van der Waals surface area contributed by atoms with Crippen LogP contribution in [0.3, 0.4) is 0 Å². The summed E-state index contributed by atoms with van der Waals surface area (Å²) in [5.74, 6) is 0. The molecule has 0 aliphatic heterocycles. The maximum Gasteiger partial charge on any atom is 0.135 e. The fourth-order valence-electron chi connectivity index (χ4n) is 7.86. The van der Waals surface area contributed by atoms with Crippen LogP contribution in [0.15, 0.2) is 156 Å². The molecule has 0 amide bonds. The van der Waals surface area contributed by atoms with E-state index >= 15 is 0 Å². The first-order valence-corrected chi connectivity index (χ1v) is 16.8. The highest BCUT2D eigenvalue weighted by Gasteiger charge is 2.18. The zero-order chi connectivity index (χ0) is 30.6. The normalized spacial score (nSPS) is 12.3. The number of benzene rings is 8. The summed E-state index contributed by atoms with van der Waals surface area (Å²) in [6.07, 6.45) is 0. The van der Waals surface area contributed by atoms with E-state index in [0.29, 0.717) is 0 Å². The number of hydrogen-bond acceptors (Lipinski definition) is 2. The Morgan fingerprint density at radius 3 is 2.00 bits per heavy atom. The summed E-state index contributed by atoms with van der Waals surface area (Å²) >= 11 is 1.91. The smallest absolute Gasteiger partial charge is 0.135 e. The molecule has 0 bridgehead atoms. The maximum absolute atomic E-state index is 6.08. The third kappa shape index (κ3) is 3.49. The fraction of sp³-hybridized carbons (Fsp3) is 0. The van der Waals surface area contributed by atoms with Crippen molar-refractivity contribution in [3.63, 3.8) is 0 Å². The van der Waals surface area contributed by atoms with E-state index in [-0.39, 0.29) is 0 Å². The molecule has 0 N–H and O–H groups in total. The monoisotopic (exact) mass is 615 g/mol. The molecule has 0 unspecified atom stereocenters. The zero-order valence-corrected chi connectivity index (χ0v) is 26.0. The van der Waals surface area contributed by atoms with Crippen LogP contribution in [0.1, 0.15) is 0 Å². The summed E-state index contributed by atoms with van der Waals surface area (Å²) in [7, 11) is 0. The van der Waals surface area contributed by atoms with Gasteiger partial charge in [0.25, 0.3) is 0 Å². The van der Waals surface area contributed by atoms with Crippen molar-refractivity contribution in [3.05, 3.63) is 152 Å². The van der Waals surface area contributed by atoms with E-state index in [9.17, 15) is 0 Å². The number of aromatic nitrogens is 1. The van der Waals surface area contributed by atoms with Crippen molar-refractivity contribution in [2.45, 2.75) is 0 Å². The van der Waals surface area contributed by atoms with Crippen molar-refractivity contribution in [1.82, 2.24) is 4.57 Å². The molecule has 0 atom stereocenters. The Hall–Kier alpha value is -5.90. The predicted molar refractivity (Wildman–Crippen MR) is 201 cm³/mol. The van der Waals surface area contributed by atoms with Crippen molar-refractivity contribution in [3.8, 4) is 16.8 Å². The van der Waals surface area contributed by atoms with Gasteiger partial charge in [-0.3, -0.25) is 0 Å². The lowest BCUT2D eigenvalue weighted by Crippen LogP contribution is -1.93. The first-order chi connectivity index (χ1) is 23.3. The highest BCUT2D eigenvalue weighted by atomic mass is 32.1. The molecule has 47 heavy (non-hydrogen) atoms. The predicted octanol–water partition coefficient (Wildman–Crippen LogP) is 13.0. The molecular formula is C44H25NOS. The number of hydrogen-bond donors (Lipinski definition) is 0. The van der Waals surface area contributed by atoms with E-state index in [1.165, 1.54) is 74.6 Å². The van der Waals surface area contributed by atoms with Crippen LogP contribution in [-0.2, 0) is 0 Å². The molecule has 11 aromatic rings. The Bertz CT molecular complexity index is 3060. The van der Waals surface area contributed by atoms with Crippen molar-refractivity contribution in [1.29, 1.82) is 0 Å². The molecule has 3 heteroatoms. The topological polar surface area (TPSA) is 18.1 Å². The standard InChI is InChI=1S/C44H25NOS/c1-4-10-37-35(9-1)43-33-20-15-27-16-21-34-31-8-3-6-12-41(31)47-44(34)42(27)32(33)22-23-38(43)45(37)29-18-13-26(14-19-29)28-17-24-40-36(25-28)30-7-2-5-11-39(30)46-40/h1-25H. The number of rotatable bonds is 2. The Kier molecular flexibility index (Phi) is 5.02. The average Bonchev–Trinajstić information content (AvgIpc) is 3.80. The highest BCUT2D eigenvalue weighted by Crippen LogP contribution is 2.44. The average molecular weight is 616 g/mol. The van der Waals surface area contributed by atoms with Crippen molar-refractivity contribution >= 4 is 96.8 Å². The number of fused-ring (bicyclic) bond motifs is 14. The molecule has 0 aliphatic carbocycles. The van der Waals surface area contributed by atoms with Gasteiger partial charge in [0.05, 0.1) is 11.0 Å². The summed E-state index contributed by atoms with van der Waals surface area (Å²) in [5.41, 5.74) is 7.81. The van der Waals surface area contributed by atoms with Gasteiger partial charge < -0.3 is 8.98 Å². The number of furan rings is 1. The van der Waals surface area contributed by atoms with E-state index < -0.39 is 0 Å². The van der Waals surface area contributed by atoms with Gasteiger partial charge in [0.1, 0.15) is 11.2 Å². The maximum atomic E-state index is 6.08. The van der Waals surface area contributed by atoms with Gasteiger partial charge in [-0.15, -0.1) is 11.3 Å². The molecule has 218 valence electrons. The van der Waals surface area contributed by atoms with Gasteiger partial charge in [-0.1, -0.05) is 103 Å². The molecule has 8 aromatic carbocycles. The Balaban J connectivity index is 1.12. The summed E-state index contributed by atoms with van der Waals surface area (Å²) in [5, 5.41) is 12.8. The van der Waals surface area contributed by atoms with Crippen LogP contribution in [0.2, 0.25) is 0 Å². The summed E-state index contributed by atoms with van der Waals surface area (Å²) in [4.78, 5) is 0. The molecular weight excluding hydrogens is 591 g/mol. The Morgan fingerprint density at radius 2 is 1.11 bits per heavy atom. The highest BCUT2D eigenvalue weighted by molar-refractivity contribution is 7.26. The lowest BCUT2D eigenvalue weighted by molar-refractivity contribution is 0.669.